The highest BCUT2D eigenvalue weighted by atomic mass is 15.3. The predicted molar refractivity (Wildman–Crippen MR) is 79.5 cm³/mol. The number of likely N-dealkylation sites (N-methyl/N-ethyl adjacent to an activating group) is 1. The number of nitrogen functional groups attached to an aromatic ring is 1. The van der Waals surface area contributed by atoms with E-state index in [0.717, 1.165) is 31.0 Å². The number of piperazine rings is 1. The van der Waals surface area contributed by atoms with Gasteiger partial charge in [-0.1, -0.05) is 13.8 Å². The Hall–Kier alpha value is -1.36. The van der Waals surface area contributed by atoms with Crippen LogP contribution in [-0.4, -0.2) is 47.1 Å². The van der Waals surface area contributed by atoms with Crippen molar-refractivity contribution in [2.24, 2.45) is 0 Å². The normalized spacial score (nSPS) is 20.0. The molecular weight excluding hydrogens is 238 g/mol. The summed E-state index contributed by atoms with van der Waals surface area (Å²) in [5, 5.41) is 0. The third-order valence-corrected chi connectivity index (χ3v) is 4.09. The highest BCUT2D eigenvalue weighted by Crippen LogP contribution is 2.31. The van der Waals surface area contributed by atoms with E-state index in [9.17, 15) is 0 Å². The zero-order valence-electron chi connectivity index (χ0n) is 12.6. The lowest BCUT2D eigenvalue weighted by atomic mass is 9.98. The largest absolute Gasteiger partial charge is 0.383 e. The number of anilines is 2. The molecule has 1 aromatic rings. The Kier molecular flexibility index (Phi) is 3.67. The van der Waals surface area contributed by atoms with Crippen molar-refractivity contribution in [1.29, 1.82) is 0 Å². The van der Waals surface area contributed by atoms with Crippen molar-refractivity contribution < 1.29 is 0 Å². The summed E-state index contributed by atoms with van der Waals surface area (Å²) >= 11 is 0. The lowest BCUT2D eigenvalue weighted by Gasteiger charge is -2.46. The summed E-state index contributed by atoms with van der Waals surface area (Å²) in [5.41, 5.74) is 7.25. The number of nitrogens with zero attached hydrogens (tertiary/aromatic N) is 4. The summed E-state index contributed by atoms with van der Waals surface area (Å²) in [4.78, 5) is 13.4. The van der Waals surface area contributed by atoms with Gasteiger partial charge in [0, 0.05) is 30.7 Å². The van der Waals surface area contributed by atoms with Gasteiger partial charge in [-0.05, 0) is 26.8 Å². The second-order valence-corrected chi connectivity index (χ2v) is 6.31. The minimum absolute atomic E-state index is 0.145. The van der Waals surface area contributed by atoms with E-state index in [-0.39, 0.29) is 5.54 Å². The summed E-state index contributed by atoms with van der Waals surface area (Å²) in [6, 6.07) is 0. The van der Waals surface area contributed by atoms with Crippen LogP contribution in [0, 0.1) is 0 Å². The van der Waals surface area contributed by atoms with E-state index in [1.807, 2.05) is 0 Å². The van der Waals surface area contributed by atoms with Crippen molar-refractivity contribution in [2.75, 3.05) is 37.3 Å². The first kappa shape index (κ1) is 14.1. The Morgan fingerprint density at radius 2 is 1.95 bits per heavy atom. The molecule has 0 aromatic carbocycles. The lowest BCUT2D eigenvalue weighted by molar-refractivity contribution is 0.138. The molecular formula is C14H25N5. The van der Waals surface area contributed by atoms with E-state index >= 15 is 0 Å². The molecule has 5 nitrogen and oxygen atoms in total. The van der Waals surface area contributed by atoms with Crippen molar-refractivity contribution in [2.45, 2.75) is 39.2 Å². The summed E-state index contributed by atoms with van der Waals surface area (Å²) < 4.78 is 0. The Morgan fingerprint density at radius 1 is 1.26 bits per heavy atom. The molecule has 0 saturated carbocycles. The maximum atomic E-state index is 6.04. The topological polar surface area (TPSA) is 58.3 Å². The summed E-state index contributed by atoms with van der Waals surface area (Å²) in [5.74, 6) is 1.94. The van der Waals surface area contributed by atoms with E-state index in [4.69, 9.17) is 5.73 Å². The SMILES string of the molecule is CC(C)c1c(N)ncnc1N1CCN(C)C(C)(C)C1. The summed E-state index contributed by atoms with van der Waals surface area (Å²) in [7, 11) is 2.18. The fourth-order valence-electron chi connectivity index (χ4n) is 2.63. The van der Waals surface area contributed by atoms with Crippen LogP contribution in [0.3, 0.4) is 0 Å². The minimum atomic E-state index is 0.145. The number of aromatic nitrogens is 2. The Labute approximate surface area is 115 Å². The van der Waals surface area contributed by atoms with Crippen LogP contribution >= 0.6 is 0 Å². The van der Waals surface area contributed by atoms with Crippen LogP contribution in [0.1, 0.15) is 39.2 Å². The molecule has 2 rings (SSSR count). The molecule has 1 fully saturated rings. The van der Waals surface area contributed by atoms with Crippen LogP contribution in [0.5, 0.6) is 0 Å². The molecule has 5 heteroatoms. The van der Waals surface area contributed by atoms with Gasteiger partial charge in [-0.15, -0.1) is 0 Å². The number of nitrogens with two attached hydrogens (primary N) is 1. The van der Waals surface area contributed by atoms with E-state index in [0.29, 0.717) is 11.7 Å². The molecule has 106 valence electrons. The van der Waals surface area contributed by atoms with Crippen LogP contribution in [0.2, 0.25) is 0 Å². The van der Waals surface area contributed by atoms with Crippen molar-refractivity contribution >= 4 is 11.6 Å². The van der Waals surface area contributed by atoms with Gasteiger partial charge in [0.1, 0.15) is 18.0 Å². The Balaban J connectivity index is 2.35. The quantitative estimate of drug-likeness (QED) is 0.880. The van der Waals surface area contributed by atoms with E-state index in [2.05, 4.69) is 54.5 Å². The molecule has 19 heavy (non-hydrogen) atoms. The van der Waals surface area contributed by atoms with Crippen LogP contribution in [0.4, 0.5) is 11.6 Å². The summed E-state index contributed by atoms with van der Waals surface area (Å²) in [6.45, 7) is 11.8. The molecule has 0 bridgehead atoms. The molecule has 1 aliphatic heterocycles. The van der Waals surface area contributed by atoms with Gasteiger partial charge in [-0.2, -0.15) is 0 Å². The molecule has 1 aromatic heterocycles. The zero-order valence-corrected chi connectivity index (χ0v) is 12.6. The third kappa shape index (κ3) is 2.66. The van der Waals surface area contributed by atoms with Gasteiger partial charge in [-0.3, -0.25) is 4.90 Å². The molecule has 0 radical (unpaired) electrons. The van der Waals surface area contributed by atoms with Crippen LogP contribution in [0.15, 0.2) is 6.33 Å². The molecule has 1 aliphatic rings. The average molecular weight is 263 g/mol. The van der Waals surface area contributed by atoms with Crippen molar-refractivity contribution in [3.05, 3.63) is 11.9 Å². The monoisotopic (exact) mass is 263 g/mol. The van der Waals surface area contributed by atoms with Crippen LogP contribution in [-0.2, 0) is 0 Å². The molecule has 1 saturated heterocycles. The van der Waals surface area contributed by atoms with Gasteiger partial charge in [0.25, 0.3) is 0 Å². The smallest absolute Gasteiger partial charge is 0.137 e. The van der Waals surface area contributed by atoms with Crippen molar-refractivity contribution in [3.63, 3.8) is 0 Å². The number of rotatable bonds is 2. The van der Waals surface area contributed by atoms with E-state index in [1.165, 1.54) is 0 Å². The van der Waals surface area contributed by atoms with E-state index in [1.54, 1.807) is 6.33 Å². The van der Waals surface area contributed by atoms with Crippen LogP contribution < -0.4 is 10.6 Å². The zero-order chi connectivity index (χ0) is 14.2. The Morgan fingerprint density at radius 3 is 2.53 bits per heavy atom. The summed E-state index contributed by atoms with van der Waals surface area (Å²) in [6.07, 6.45) is 1.57. The fourth-order valence-corrected chi connectivity index (χ4v) is 2.63. The predicted octanol–water partition coefficient (Wildman–Crippen LogP) is 1.71. The minimum Gasteiger partial charge on any atom is -0.383 e. The third-order valence-electron chi connectivity index (χ3n) is 4.09. The van der Waals surface area contributed by atoms with E-state index < -0.39 is 0 Å². The number of hydrogen-bond acceptors (Lipinski definition) is 5. The molecule has 0 atom stereocenters. The van der Waals surface area contributed by atoms with Gasteiger partial charge in [0.05, 0.1) is 0 Å². The van der Waals surface area contributed by atoms with Crippen molar-refractivity contribution in [1.82, 2.24) is 14.9 Å². The van der Waals surface area contributed by atoms with Crippen LogP contribution in [0.25, 0.3) is 0 Å². The Bertz CT molecular complexity index is 455. The molecule has 0 amide bonds. The first-order valence-corrected chi connectivity index (χ1v) is 6.89. The first-order valence-electron chi connectivity index (χ1n) is 6.89. The second kappa shape index (κ2) is 4.96. The molecule has 2 heterocycles. The lowest BCUT2D eigenvalue weighted by Crippen LogP contribution is -2.58. The van der Waals surface area contributed by atoms with Gasteiger partial charge >= 0.3 is 0 Å². The molecule has 0 unspecified atom stereocenters. The maximum Gasteiger partial charge on any atom is 0.137 e. The molecule has 2 N–H and O–H groups in total. The van der Waals surface area contributed by atoms with Crippen molar-refractivity contribution in [3.8, 4) is 0 Å². The molecule has 0 aliphatic carbocycles. The van der Waals surface area contributed by atoms with Gasteiger partial charge in [-0.25, -0.2) is 9.97 Å². The first-order chi connectivity index (χ1) is 8.83. The standard InChI is InChI=1S/C14H25N5/c1-10(2)11-12(15)16-9-17-13(11)19-7-6-18(5)14(3,4)8-19/h9-10H,6-8H2,1-5H3,(H2,15,16,17). The highest BCUT2D eigenvalue weighted by Gasteiger charge is 2.33. The van der Waals surface area contributed by atoms with Gasteiger partial charge in [0.2, 0.25) is 0 Å². The molecule has 0 spiro atoms. The highest BCUT2D eigenvalue weighted by molar-refractivity contribution is 5.58. The van der Waals surface area contributed by atoms with Gasteiger partial charge in [0.15, 0.2) is 0 Å². The second-order valence-electron chi connectivity index (χ2n) is 6.31. The number of hydrogen-bond donors (Lipinski definition) is 1. The maximum absolute atomic E-state index is 6.04. The average Bonchev–Trinajstić information content (AvgIpc) is 2.31. The van der Waals surface area contributed by atoms with Gasteiger partial charge < -0.3 is 10.6 Å². The fraction of sp³-hybridized carbons (Fsp3) is 0.714.